The van der Waals surface area contributed by atoms with Gasteiger partial charge in [-0.05, 0) is 69.6 Å². The van der Waals surface area contributed by atoms with Crippen LogP contribution in [0.5, 0.6) is 0 Å². The molecule has 0 spiro atoms. The number of ether oxygens (including phenoxy) is 2. The summed E-state index contributed by atoms with van der Waals surface area (Å²) in [4.78, 5) is 43.8. The minimum atomic E-state index is -0.396. The van der Waals surface area contributed by atoms with Crippen LogP contribution in [0, 0.1) is 5.92 Å². The highest BCUT2D eigenvalue weighted by Gasteiger charge is 2.42. The molecule has 1 aromatic carbocycles. The Kier molecular flexibility index (Phi) is 8.60. The van der Waals surface area contributed by atoms with Gasteiger partial charge in [-0.2, -0.15) is 0 Å². The number of anilines is 1. The Bertz CT molecular complexity index is 1490. The van der Waals surface area contributed by atoms with E-state index in [4.69, 9.17) is 9.47 Å². The van der Waals surface area contributed by atoms with Gasteiger partial charge in [0.2, 0.25) is 5.91 Å². The van der Waals surface area contributed by atoms with Crippen molar-refractivity contribution in [3.63, 3.8) is 0 Å². The number of aliphatic hydroxyl groups is 1. The fraction of sp³-hybridized carbons (Fsp3) is 0.594. The number of amides is 2. The minimum Gasteiger partial charge on any atom is -0.390 e. The lowest BCUT2D eigenvalue weighted by Gasteiger charge is -2.49. The van der Waals surface area contributed by atoms with Crippen molar-refractivity contribution in [3.8, 4) is 11.1 Å². The first-order valence-corrected chi connectivity index (χ1v) is 16.7. The molecule has 2 aliphatic heterocycles. The van der Waals surface area contributed by atoms with E-state index in [1.54, 1.807) is 12.4 Å². The number of hydrogen-bond acceptors (Lipinski definition) is 10. The maximum absolute atomic E-state index is 13.1. The number of carbonyl (C=O) groups excluding carboxylic acids is 2. The van der Waals surface area contributed by atoms with Gasteiger partial charge in [0, 0.05) is 62.2 Å². The van der Waals surface area contributed by atoms with Crippen LogP contribution in [0.4, 0.5) is 5.13 Å². The second kappa shape index (κ2) is 12.8. The van der Waals surface area contributed by atoms with E-state index in [0.29, 0.717) is 23.6 Å². The molecule has 2 saturated heterocycles. The highest BCUT2D eigenvalue weighted by Crippen LogP contribution is 2.36. The zero-order valence-corrected chi connectivity index (χ0v) is 25.9. The number of carbonyl (C=O) groups is 2. The molecule has 12 heteroatoms. The molecule has 1 unspecified atom stereocenters. The lowest BCUT2D eigenvalue weighted by atomic mass is 9.78. The van der Waals surface area contributed by atoms with Crippen LogP contribution in [0.1, 0.15) is 57.7 Å². The molecule has 4 heterocycles. The van der Waals surface area contributed by atoms with Crippen molar-refractivity contribution in [1.29, 1.82) is 0 Å². The Labute approximate surface area is 261 Å². The molecular formula is C32H40N6O5S. The predicted octanol–water partition coefficient (Wildman–Crippen LogP) is 3.61. The van der Waals surface area contributed by atoms with E-state index in [-0.39, 0.29) is 42.6 Å². The van der Waals surface area contributed by atoms with E-state index >= 15 is 0 Å². The number of nitrogens with one attached hydrogen (secondary N) is 1. The van der Waals surface area contributed by atoms with Gasteiger partial charge < -0.3 is 24.8 Å². The maximum atomic E-state index is 13.1. The SMILES string of the molecule is C[C@H]1CN(C(=O)C2CCCO2)CCN1[C@H]1C[C@@H](C(=O)Nc2nc3ccc(-c4cnc(CO[C@H]5CCC[C@@H]5O)nc4)cc3s2)C1. The maximum Gasteiger partial charge on any atom is 0.251 e. The quantitative estimate of drug-likeness (QED) is 0.388. The standard InChI is InChI=1S/C32H40N6O5S/c1-19-17-37(31(41)27-6-3-11-42-27)9-10-38(19)23-12-21(13-23)30(40)36-32-35-24-8-7-20(14-28(24)44-32)22-15-33-29(34-16-22)18-43-26-5-2-4-25(26)39/h7-8,14-16,19,21,23,25-27,39H,2-6,9-13,17-18H2,1H3,(H,35,36,40)/t19-,21-,23+,25-,26-,27?/m0/s1. The van der Waals surface area contributed by atoms with E-state index in [1.165, 1.54) is 11.3 Å². The third kappa shape index (κ3) is 6.23. The first-order valence-electron chi connectivity index (χ1n) is 15.9. The molecule has 2 saturated carbocycles. The van der Waals surface area contributed by atoms with Crippen LogP contribution in [0.3, 0.4) is 0 Å². The molecule has 234 valence electrons. The molecular weight excluding hydrogens is 580 g/mol. The van der Waals surface area contributed by atoms with Crippen molar-refractivity contribution in [2.75, 3.05) is 31.6 Å². The predicted molar refractivity (Wildman–Crippen MR) is 166 cm³/mol. The summed E-state index contributed by atoms with van der Waals surface area (Å²) in [5.74, 6) is 0.724. The number of nitrogens with zero attached hydrogens (tertiary/aromatic N) is 5. The lowest BCUT2D eigenvalue weighted by Crippen LogP contribution is -2.61. The van der Waals surface area contributed by atoms with E-state index in [1.807, 2.05) is 17.0 Å². The van der Waals surface area contributed by atoms with Gasteiger partial charge >= 0.3 is 0 Å². The van der Waals surface area contributed by atoms with Gasteiger partial charge in [-0.15, -0.1) is 0 Å². The lowest BCUT2D eigenvalue weighted by molar-refractivity contribution is -0.145. The van der Waals surface area contributed by atoms with E-state index in [2.05, 4.69) is 38.2 Å². The molecule has 4 atom stereocenters. The van der Waals surface area contributed by atoms with Crippen molar-refractivity contribution < 1.29 is 24.2 Å². The average molecular weight is 621 g/mol. The van der Waals surface area contributed by atoms with Gasteiger partial charge in [-0.25, -0.2) is 15.0 Å². The van der Waals surface area contributed by atoms with Crippen LogP contribution in [0.15, 0.2) is 30.6 Å². The number of aliphatic hydroxyl groups excluding tert-OH is 1. The van der Waals surface area contributed by atoms with Crippen molar-refractivity contribution in [2.45, 2.75) is 88.9 Å². The van der Waals surface area contributed by atoms with E-state index in [9.17, 15) is 14.7 Å². The fourth-order valence-electron chi connectivity index (χ4n) is 6.99. The summed E-state index contributed by atoms with van der Waals surface area (Å²) >= 11 is 1.47. The Hall–Kier alpha value is -3.03. The summed E-state index contributed by atoms with van der Waals surface area (Å²) < 4.78 is 12.4. The third-order valence-corrected chi connectivity index (χ3v) is 10.6. The first kappa shape index (κ1) is 29.7. The number of hydrogen-bond donors (Lipinski definition) is 2. The first-order chi connectivity index (χ1) is 21.4. The van der Waals surface area contributed by atoms with Crippen LogP contribution in [-0.4, -0.2) is 98.3 Å². The monoisotopic (exact) mass is 620 g/mol. The topological polar surface area (TPSA) is 130 Å². The second-order valence-electron chi connectivity index (χ2n) is 12.6. The normalized spacial score (nSPS) is 29.2. The molecule has 2 N–H and O–H groups in total. The van der Waals surface area contributed by atoms with Crippen molar-refractivity contribution in [2.24, 2.45) is 5.92 Å². The highest BCUT2D eigenvalue weighted by atomic mass is 32.1. The number of piperazine rings is 1. The molecule has 0 bridgehead atoms. The molecule has 2 aliphatic carbocycles. The molecule has 3 aromatic rings. The van der Waals surface area contributed by atoms with Crippen molar-refractivity contribution in [3.05, 3.63) is 36.4 Å². The molecule has 4 fully saturated rings. The van der Waals surface area contributed by atoms with Gasteiger partial charge in [0.05, 0.1) is 22.4 Å². The molecule has 4 aliphatic rings. The van der Waals surface area contributed by atoms with Crippen molar-refractivity contribution in [1.82, 2.24) is 24.8 Å². The highest BCUT2D eigenvalue weighted by molar-refractivity contribution is 7.22. The van der Waals surface area contributed by atoms with Crippen molar-refractivity contribution >= 4 is 38.5 Å². The Morgan fingerprint density at radius 1 is 1.11 bits per heavy atom. The second-order valence-corrected chi connectivity index (χ2v) is 13.7. The number of aromatic nitrogens is 3. The summed E-state index contributed by atoms with van der Waals surface area (Å²) in [7, 11) is 0. The van der Waals surface area contributed by atoms with Crippen LogP contribution in [-0.2, 0) is 25.7 Å². The summed E-state index contributed by atoms with van der Waals surface area (Å²) in [6.07, 6.45) is 8.88. The number of benzene rings is 1. The largest absolute Gasteiger partial charge is 0.390 e. The Balaban J connectivity index is 0.900. The van der Waals surface area contributed by atoms with Gasteiger partial charge in [0.1, 0.15) is 12.7 Å². The van der Waals surface area contributed by atoms with Crippen LogP contribution in [0.2, 0.25) is 0 Å². The summed E-state index contributed by atoms with van der Waals surface area (Å²) in [6, 6.07) is 6.63. The van der Waals surface area contributed by atoms with E-state index in [0.717, 1.165) is 85.9 Å². The Morgan fingerprint density at radius 3 is 2.68 bits per heavy atom. The summed E-state index contributed by atoms with van der Waals surface area (Å²) in [5, 5.41) is 13.6. The number of fused-ring (bicyclic) bond motifs is 1. The average Bonchev–Trinajstić information content (AvgIpc) is 3.77. The summed E-state index contributed by atoms with van der Waals surface area (Å²) in [6.45, 7) is 5.43. The van der Waals surface area contributed by atoms with Gasteiger partial charge in [0.25, 0.3) is 5.91 Å². The van der Waals surface area contributed by atoms with Gasteiger partial charge in [-0.3, -0.25) is 14.5 Å². The van der Waals surface area contributed by atoms with Crippen LogP contribution < -0.4 is 5.32 Å². The molecule has 0 radical (unpaired) electrons. The molecule has 11 nitrogen and oxygen atoms in total. The smallest absolute Gasteiger partial charge is 0.251 e. The molecule has 7 rings (SSSR count). The van der Waals surface area contributed by atoms with Gasteiger partial charge in [0.15, 0.2) is 11.0 Å². The fourth-order valence-corrected chi connectivity index (χ4v) is 7.90. The molecule has 2 amide bonds. The zero-order chi connectivity index (χ0) is 30.2. The minimum absolute atomic E-state index is 0.0247. The zero-order valence-electron chi connectivity index (χ0n) is 25.1. The number of thiazole rings is 1. The van der Waals surface area contributed by atoms with Crippen LogP contribution in [0.25, 0.3) is 21.3 Å². The van der Waals surface area contributed by atoms with Gasteiger partial charge in [-0.1, -0.05) is 17.4 Å². The third-order valence-electron chi connectivity index (χ3n) is 9.65. The molecule has 2 aromatic heterocycles. The van der Waals surface area contributed by atoms with Crippen LogP contribution >= 0.6 is 11.3 Å². The summed E-state index contributed by atoms with van der Waals surface area (Å²) in [5.41, 5.74) is 2.71. The Morgan fingerprint density at radius 2 is 1.95 bits per heavy atom. The van der Waals surface area contributed by atoms with E-state index < -0.39 is 6.10 Å². The number of rotatable bonds is 8. The molecule has 44 heavy (non-hydrogen) atoms.